The molecule has 0 aromatic carbocycles. The van der Waals surface area contributed by atoms with Gasteiger partial charge in [0.1, 0.15) is 0 Å². The second-order valence-corrected chi connectivity index (χ2v) is 4.18. The highest BCUT2D eigenvalue weighted by Gasteiger charge is 2.60. The Morgan fingerprint density at radius 2 is 1.85 bits per heavy atom. The Morgan fingerprint density at radius 3 is 2.54 bits per heavy atom. The molecule has 0 aromatic heterocycles. The van der Waals surface area contributed by atoms with Crippen molar-refractivity contribution >= 4 is 0 Å². The zero-order valence-corrected chi connectivity index (χ0v) is 7.71. The monoisotopic (exact) mass is 178 g/mol. The minimum atomic E-state index is -0.303. The van der Waals surface area contributed by atoms with Crippen molar-refractivity contribution in [3.63, 3.8) is 0 Å². The second-order valence-electron chi connectivity index (χ2n) is 4.18. The highest BCUT2D eigenvalue weighted by Crippen LogP contribution is 2.60. The summed E-state index contributed by atoms with van der Waals surface area (Å²) in [5.41, 5.74) is 2.38. The van der Waals surface area contributed by atoms with Crippen LogP contribution in [0.1, 0.15) is 12.8 Å². The van der Waals surface area contributed by atoms with Crippen molar-refractivity contribution in [1.29, 1.82) is 0 Å². The molecule has 1 aliphatic heterocycles. The molecule has 2 unspecified atom stereocenters. The third kappa shape index (κ3) is 0.760. The molecule has 70 valence electrons. The van der Waals surface area contributed by atoms with Crippen LogP contribution >= 0.6 is 0 Å². The highest BCUT2D eigenvalue weighted by molar-refractivity contribution is 5.46. The van der Waals surface area contributed by atoms with Crippen LogP contribution in [0.25, 0.3) is 0 Å². The molecule has 0 amide bonds. The first kappa shape index (κ1) is 7.77. The first-order valence-electron chi connectivity index (χ1n) is 4.90. The summed E-state index contributed by atoms with van der Waals surface area (Å²) in [4.78, 5) is 0. The highest BCUT2D eigenvalue weighted by atomic mass is 16.7. The molecule has 3 aliphatic rings. The van der Waals surface area contributed by atoms with Crippen molar-refractivity contribution in [3.8, 4) is 0 Å². The molecule has 3 rings (SSSR count). The normalized spacial score (nSPS) is 40.9. The molecular weight excluding hydrogens is 164 g/mol. The molecule has 13 heavy (non-hydrogen) atoms. The molecule has 2 heteroatoms. The number of hydrogen-bond donors (Lipinski definition) is 0. The molecule has 1 saturated heterocycles. The van der Waals surface area contributed by atoms with Crippen molar-refractivity contribution in [1.82, 2.24) is 0 Å². The Labute approximate surface area is 78.2 Å². The van der Waals surface area contributed by atoms with E-state index in [-0.39, 0.29) is 5.79 Å². The Balaban J connectivity index is 1.94. The van der Waals surface area contributed by atoms with E-state index in [0.717, 1.165) is 31.6 Å². The van der Waals surface area contributed by atoms with Gasteiger partial charge in [0.25, 0.3) is 0 Å². The van der Waals surface area contributed by atoms with Gasteiger partial charge in [0.2, 0.25) is 0 Å². The SMILES string of the molecule is C=C1C(=C)C2C1CCC21OCCO1. The molecule has 0 N–H and O–H groups in total. The van der Waals surface area contributed by atoms with E-state index < -0.39 is 0 Å². The van der Waals surface area contributed by atoms with Gasteiger partial charge in [0.15, 0.2) is 5.79 Å². The Kier molecular flexibility index (Phi) is 1.35. The lowest BCUT2D eigenvalue weighted by Crippen LogP contribution is -2.43. The summed E-state index contributed by atoms with van der Waals surface area (Å²) in [7, 11) is 0. The molecule has 3 fully saturated rings. The summed E-state index contributed by atoms with van der Waals surface area (Å²) in [6.45, 7) is 9.55. The zero-order valence-electron chi connectivity index (χ0n) is 7.71. The maximum Gasteiger partial charge on any atom is 0.175 e. The van der Waals surface area contributed by atoms with Crippen molar-refractivity contribution in [2.24, 2.45) is 11.8 Å². The molecule has 2 aliphatic carbocycles. The average molecular weight is 178 g/mol. The average Bonchev–Trinajstić information content (AvgIpc) is 2.72. The zero-order chi connectivity index (χ0) is 9.05. The number of allylic oxidation sites excluding steroid dienone is 1. The number of rotatable bonds is 0. The third-order valence-electron chi connectivity index (χ3n) is 3.69. The maximum atomic E-state index is 5.73. The third-order valence-corrected chi connectivity index (χ3v) is 3.69. The number of fused-ring (bicyclic) bond motifs is 2. The van der Waals surface area contributed by atoms with Gasteiger partial charge in [-0.1, -0.05) is 13.2 Å². The first-order valence-corrected chi connectivity index (χ1v) is 4.90. The van der Waals surface area contributed by atoms with Crippen molar-refractivity contribution in [2.45, 2.75) is 18.6 Å². The Bertz CT molecular complexity index is 286. The summed E-state index contributed by atoms with van der Waals surface area (Å²) in [6.07, 6.45) is 2.17. The molecule has 0 aromatic rings. The summed E-state index contributed by atoms with van der Waals surface area (Å²) in [6, 6.07) is 0. The smallest absolute Gasteiger partial charge is 0.175 e. The van der Waals surface area contributed by atoms with Gasteiger partial charge in [-0.05, 0) is 23.5 Å². The van der Waals surface area contributed by atoms with Crippen LogP contribution in [0.4, 0.5) is 0 Å². The quantitative estimate of drug-likeness (QED) is 0.564. The lowest BCUT2D eigenvalue weighted by molar-refractivity contribution is -0.180. The fourth-order valence-electron chi connectivity index (χ4n) is 3.01. The van der Waals surface area contributed by atoms with Crippen LogP contribution in [0.15, 0.2) is 24.3 Å². The summed E-state index contributed by atoms with van der Waals surface area (Å²) >= 11 is 0. The van der Waals surface area contributed by atoms with Gasteiger partial charge in [-0.15, -0.1) is 0 Å². The lowest BCUT2D eigenvalue weighted by atomic mass is 9.67. The van der Waals surface area contributed by atoms with Crippen molar-refractivity contribution in [2.75, 3.05) is 13.2 Å². The molecule has 0 bridgehead atoms. The lowest BCUT2D eigenvalue weighted by Gasteiger charge is -2.43. The van der Waals surface area contributed by atoms with Gasteiger partial charge in [0.05, 0.1) is 13.2 Å². The van der Waals surface area contributed by atoms with Gasteiger partial charge in [-0.2, -0.15) is 0 Å². The first-order chi connectivity index (χ1) is 6.25. The fourth-order valence-corrected chi connectivity index (χ4v) is 3.01. The Morgan fingerprint density at radius 1 is 1.15 bits per heavy atom. The number of hydrogen-bond acceptors (Lipinski definition) is 2. The number of ether oxygens (including phenoxy) is 2. The van der Waals surface area contributed by atoms with E-state index >= 15 is 0 Å². The predicted octanol–water partition coefficient (Wildman–Crippen LogP) is 1.88. The molecule has 2 nitrogen and oxygen atoms in total. The Hall–Kier alpha value is -0.600. The minimum Gasteiger partial charge on any atom is -0.347 e. The topological polar surface area (TPSA) is 18.5 Å². The summed E-state index contributed by atoms with van der Waals surface area (Å²) < 4.78 is 11.5. The molecule has 1 spiro atoms. The standard InChI is InChI=1S/C11H14O2/c1-7-8(2)10-9(7)3-4-11(10)12-5-6-13-11/h9-10H,1-6H2. The van der Waals surface area contributed by atoms with Crippen LogP contribution < -0.4 is 0 Å². The van der Waals surface area contributed by atoms with Gasteiger partial charge < -0.3 is 9.47 Å². The van der Waals surface area contributed by atoms with Gasteiger partial charge in [-0.3, -0.25) is 0 Å². The van der Waals surface area contributed by atoms with Crippen LogP contribution in [0.2, 0.25) is 0 Å². The second kappa shape index (κ2) is 2.25. The van der Waals surface area contributed by atoms with E-state index in [1.165, 1.54) is 5.57 Å². The van der Waals surface area contributed by atoms with Crippen LogP contribution in [0.5, 0.6) is 0 Å². The minimum absolute atomic E-state index is 0.303. The van der Waals surface area contributed by atoms with E-state index in [1.54, 1.807) is 0 Å². The van der Waals surface area contributed by atoms with E-state index in [0.29, 0.717) is 11.8 Å². The maximum absolute atomic E-state index is 5.73. The van der Waals surface area contributed by atoms with Crippen molar-refractivity contribution in [3.05, 3.63) is 24.3 Å². The molecular formula is C11H14O2. The van der Waals surface area contributed by atoms with Crippen LogP contribution in [-0.2, 0) is 9.47 Å². The van der Waals surface area contributed by atoms with Crippen molar-refractivity contribution < 1.29 is 9.47 Å². The fraction of sp³-hybridized carbons (Fsp3) is 0.636. The van der Waals surface area contributed by atoms with Crippen LogP contribution in [0, 0.1) is 11.8 Å². The van der Waals surface area contributed by atoms with E-state index in [4.69, 9.17) is 9.47 Å². The molecule has 2 atom stereocenters. The van der Waals surface area contributed by atoms with Gasteiger partial charge in [0, 0.05) is 12.3 Å². The molecule has 1 heterocycles. The summed E-state index contributed by atoms with van der Waals surface area (Å²) in [5, 5.41) is 0. The predicted molar refractivity (Wildman–Crippen MR) is 49.1 cm³/mol. The van der Waals surface area contributed by atoms with E-state index in [9.17, 15) is 0 Å². The van der Waals surface area contributed by atoms with E-state index in [1.807, 2.05) is 0 Å². The molecule has 2 saturated carbocycles. The van der Waals surface area contributed by atoms with Gasteiger partial charge in [-0.25, -0.2) is 0 Å². The van der Waals surface area contributed by atoms with E-state index in [2.05, 4.69) is 13.2 Å². The van der Waals surface area contributed by atoms with Crippen LogP contribution in [0.3, 0.4) is 0 Å². The van der Waals surface area contributed by atoms with Crippen LogP contribution in [-0.4, -0.2) is 19.0 Å². The summed E-state index contributed by atoms with van der Waals surface area (Å²) in [5.74, 6) is 0.691. The van der Waals surface area contributed by atoms with Gasteiger partial charge >= 0.3 is 0 Å². The molecule has 0 radical (unpaired) electrons. The largest absolute Gasteiger partial charge is 0.347 e.